The number of halogens is 2. The topological polar surface area (TPSA) is 0 Å². The van der Waals surface area contributed by atoms with Crippen LogP contribution in [0.1, 0.15) is 78.8 Å². The minimum absolute atomic E-state index is 0. The minimum atomic E-state index is -1.94. The zero-order valence-electron chi connectivity index (χ0n) is 23.4. The first-order valence-corrected chi connectivity index (χ1v) is 22.7. The van der Waals surface area contributed by atoms with Crippen LogP contribution in [0.5, 0.6) is 0 Å². The van der Waals surface area contributed by atoms with Crippen molar-refractivity contribution in [3.63, 3.8) is 0 Å². The average Bonchev–Trinajstić information content (AvgIpc) is 3.42. The van der Waals surface area contributed by atoms with Crippen molar-refractivity contribution in [1.82, 2.24) is 0 Å². The fourth-order valence-electron chi connectivity index (χ4n) is 7.45. The maximum atomic E-state index is 2.66. The number of fused-ring (bicyclic) bond motifs is 4. The summed E-state index contributed by atoms with van der Waals surface area (Å²) in [4.78, 5) is 0. The maximum Gasteiger partial charge on any atom is -1.00 e. The van der Waals surface area contributed by atoms with E-state index in [0.717, 1.165) is 0 Å². The molecule has 4 aromatic rings. The largest absolute Gasteiger partial charge is 1.00 e. The van der Waals surface area contributed by atoms with Crippen molar-refractivity contribution < 1.29 is 45.7 Å². The summed E-state index contributed by atoms with van der Waals surface area (Å²) in [5.41, 5.74) is 14.1. The van der Waals surface area contributed by atoms with Gasteiger partial charge in [-0.1, -0.05) is 0 Å². The summed E-state index contributed by atoms with van der Waals surface area (Å²) >= 11 is -1.94. The van der Waals surface area contributed by atoms with Crippen molar-refractivity contribution in [3.8, 4) is 22.3 Å². The molecule has 0 N–H and O–H groups in total. The number of allylic oxidation sites excluding steroid dienone is 1. The number of hydrogen-bond acceptors (Lipinski definition) is 0. The van der Waals surface area contributed by atoms with E-state index in [9.17, 15) is 0 Å². The van der Waals surface area contributed by atoms with Gasteiger partial charge in [-0.3, -0.25) is 0 Å². The first-order valence-electron chi connectivity index (χ1n) is 14.1. The number of hydrogen-bond donors (Lipinski definition) is 0. The molecule has 0 saturated carbocycles. The maximum absolute atomic E-state index is 2.66. The standard InChI is InChI=1S/C23H27.C12H8Si.2ClH.Zr/c1-6-17-13-18-11-12-20(16(4)5)23(22(18)14-17)21-10-8-7-9-19(21)15(2)3;1-3-7-11-9(5-1)10-6-2-4-8-12(10)13-11;;;/h7-16H,6H2,1-5H3;1-7,13H;2*1H;/q;;;;+2/p-2. The Morgan fingerprint density at radius 3 is 2.10 bits per heavy atom. The first kappa shape index (κ1) is 28.8. The van der Waals surface area contributed by atoms with Crippen LogP contribution in [0.4, 0.5) is 0 Å². The molecule has 4 aromatic carbocycles. The Hall–Kier alpha value is -1.70. The third-order valence-corrected chi connectivity index (χ3v) is 31.4. The van der Waals surface area contributed by atoms with Gasteiger partial charge in [-0.2, -0.15) is 0 Å². The molecule has 0 nitrogen and oxygen atoms in total. The summed E-state index contributed by atoms with van der Waals surface area (Å²) in [5.74, 6) is -0.0400. The van der Waals surface area contributed by atoms with Crippen molar-refractivity contribution in [1.29, 1.82) is 0 Å². The molecule has 2 atom stereocenters. The quantitative estimate of drug-likeness (QED) is 0.287. The van der Waals surface area contributed by atoms with E-state index < -0.39 is 26.8 Å². The molecule has 2 aliphatic heterocycles. The van der Waals surface area contributed by atoms with Crippen LogP contribution in [0.15, 0.2) is 84.4 Å². The monoisotopic (exact) mass is 643 g/mol. The molecule has 7 rings (SSSR count). The molecule has 0 spiro atoms. The van der Waals surface area contributed by atoms with Crippen LogP contribution < -0.4 is 38.5 Å². The molecule has 0 radical (unpaired) electrons. The summed E-state index contributed by atoms with van der Waals surface area (Å²) in [6.45, 7) is 11.8. The third-order valence-electron chi connectivity index (χ3n) is 9.10. The zero-order valence-corrected chi connectivity index (χ0v) is 28.5. The Labute approximate surface area is 255 Å². The van der Waals surface area contributed by atoms with Crippen molar-refractivity contribution >= 4 is 25.6 Å². The normalized spacial score (nSPS) is 17.6. The van der Waals surface area contributed by atoms with Crippen LogP contribution in [-0.2, 0) is 20.9 Å². The van der Waals surface area contributed by atoms with E-state index >= 15 is 0 Å². The van der Waals surface area contributed by atoms with Gasteiger partial charge in [0, 0.05) is 0 Å². The summed E-state index contributed by atoms with van der Waals surface area (Å²) < 4.78 is 2.54. The molecule has 39 heavy (non-hydrogen) atoms. The van der Waals surface area contributed by atoms with E-state index in [2.05, 4.69) is 120 Å². The van der Waals surface area contributed by atoms with Gasteiger partial charge in [-0.05, 0) is 0 Å². The van der Waals surface area contributed by atoms with E-state index in [1.54, 1.807) is 33.0 Å². The molecule has 0 amide bonds. The van der Waals surface area contributed by atoms with Crippen LogP contribution >= 0.6 is 0 Å². The van der Waals surface area contributed by atoms with Gasteiger partial charge in [0.15, 0.2) is 0 Å². The molecule has 0 saturated heterocycles. The minimum Gasteiger partial charge on any atom is -1.00 e. The van der Waals surface area contributed by atoms with Crippen molar-refractivity contribution in [2.24, 2.45) is 0 Å². The Morgan fingerprint density at radius 1 is 0.718 bits per heavy atom. The van der Waals surface area contributed by atoms with Crippen LogP contribution in [0, 0.1) is 0 Å². The van der Waals surface area contributed by atoms with Gasteiger partial charge in [-0.15, -0.1) is 0 Å². The Balaban J connectivity index is 0.00000154. The van der Waals surface area contributed by atoms with Gasteiger partial charge < -0.3 is 24.8 Å². The summed E-state index contributed by atoms with van der Waals surface area (Å²) in [6.07, 6.45) is 3.83. The third kappa shape index (κ3) is 4.16. The molecule has 197 valence electrons. The molecule has 0 aromatic heterocycles. The molecule has 1 aliphatic carbocycles. The Kier molecular flexibility index (Phi) is 8.08. The average molecular weight is 646 g/mol. The predicted octanol–water partition coefficient (Wildman–Crippen LogP) is 1.23. The van der Waals surface area contributed by atoms with E-state index in [4.69, 9.17) is 0 Å². The molecule has 2 unspecified atom stereocenters. The van der Waals surface area contributed by atoms with Crippen LogP contribution in [0.3, 0.4) is 0 Å². The van der Waals surface area contributed by atoms with E-state index in [1.807, 2.05) is 8.46 Å². The van der Waals surface area contributed by atoms with E-state index in [0.29, 0.717) is 15.5 Å². The molecular weight excluding hydrogens is 611 g/mol. The van der Waals surface area contributed by atoms with Gasteiger partial charge >= 0.3 is 232 Å². The van der Waals surface area contributed by atoms with Crippen molar-refractivity contribution in [2.75, 3.05) is 0 Å². The van der Waals surface area contributed by atoms with Crippen LogP contribution in [-0.4, -0.2) is 5.92 Å². The predicted molar refractivity (Wildman–Crippen MR) is 159 cm³/mol. The molecule has 4 heteroatoms. The van der Waals surface area contributed by atoms with Gasteiger partial charge in [0.25, 0.3) is 0 Å². The van der Waals surface area contributed by atoms with E-state index in [-0.39, 0.29) is 24.8 Å². The van der Waals surface area contributed by atoms with Gasteiger partial charge in [-0.25, -0.2) is 0 Å². The fraction of sp³-hybridized carbons (Fsp3) is 0.257. The fourth-order valence-corrected chi connectivity index (χ4v) is 33.8. The summed E-state index contributed by atoms with van der Waals surface area (Å²) in [7, 11) is 0. The van der Waals surface area contributed by atoms with Gasteiger partial charge in [0.1, 0.15) is 0 Å². The van der Waals surface area contributed by atoms with Gasteiger partial charge in [0.2, 0.25) is 0 Å². The number of benzene rings is 4. The second-order valence-electron chi connectivity index (χ2n) is 11.7. The van der Waals surface area contributed by atoms with Crippen molar-refractivity contribution in [2.45, 2.75) is 56.5 Å². The molecule has 0 bridgehead atoms. The van der Waals surface area contributed by atoms with Gasteiger partial charge in [0.05, 0.1) is 0 Å². The first-order chi connectivity index (χ1) is 18.0. The number of rotatable bonds is 5. The second-order valence-corrected chi connectivity index (χ2v) is 26.7. The van der Waals surface area contributed by atoms with Crippen molar-refractivity contribution in [3.05, 3.63) is 107 Å². The summed E-state index contributed by atoms with van der Waals surface area (Å²) in [5, 5.41) is 3.59. The Bertz CT molecular complexity index is 1600. The summed E-state index contributed by atoms with van der Waals surface area (Å²) in [6, 6.07) is 31.0. The second kappa shape index (κ2) is 10.9. The molecular formula is C35H35Cl2SiZr. The van der Waals surface area contributed by atoms with Crippen LogP contribution in [0.25, 0.3) is 28.3 Å². The molecule has 0 fully saturated rings. The SMILES string of the molecule is CCC1=Cc2c(ccc(C(C)C)c2-c2ccccc2C(C)C)[CH]1[Zr+2]1[c]2cccc3c2[SiH]1c1ccccc1-3.[Cl-].[Cl-]. The zero-order chi connectivity index (χ0) is 25.4. The van der Waals surface area contributed by atoms with E-state index in [1.165, 1.54) is 28.7 Å². The Morgan fingerprint density at radius 2 is 1.38 bits per heavy atom. The molecule has 3 aliphatic rings. The molecule has 2 heterocycles. The smallest absolute Gasteiger partial charge is 1.00 e. The van der Waals surface area contributed by atoms with Crippen LogP contribution in [0.2, 0.25) is 0 Å².